The number of imidazole rings is 1. The molecule has 0 radical (unpaired) electrons. The second kappa shape index (κ2) is 12.6. The number of carbonyl (C=O) groups excluding carboxylic acids is 1. The number of carboxylic acids is 1. The Morgan fingerprint density at radius 3 is 2.52 bits per heavy atom. The van der Waals surface area contributed by atoms with Gasteiger partial charge in [0.05, 0.1) is 17.0 Å². The van der Waals surface area contributed by atoms with Crippen molar-refractivity contribution in [1.82, 2.24) is 14.5 Å². The molecule has 44 heavy (non-hydrogen) atoms. The highest BCUT2D eigenvalue weighted by atomic mass is 28.3. The first-order valence-corrected chi connectivity index (χ1v) is 19.1. The van der Waals surface area contributed by atoms with Crippen molar-refractivity contribution in [2.24, 2.45) is 5.41 Å². The number of nitrogens with one attached hydrogen (secondary N) is 1. The van der Waals surface area contributed by atoms with Gasteiger partial charge in [0.25, 0.3) is 5.91 Å². The highest BCUT2D eigenvalue weighted by Gasteiger charge is 2.48. The Hall–Kier alpha value is -3.33. The van der Waals surface area contributed by atoms with Gasteiger partial charge in [-0.05, 0) is 82.0 Å². The molecule has 10 nitrogen and oxygen atoms in total. The number of carbonyl (C=O) groups is 2. The third-order valence-corrected chi connectivity index (χ3v) is 10.2. The van der Waals surface area contributed by atoms with Crippen molar-refractivity contribution in [3.63, 3.8) is 0 Å². The third-order valence-electron chi connectivity index (χ3n) is 8.51. The van der Waals surface area contributed by atoms with Crippen LogP contribution in [0.2, 0.25) is 25.7 Å². The van der Waals surface area contributed by atoms with E-state index in [0.717, 1.165) is 36.6 Å². The van der Waals surface area contributed by atoms with Crippen LogP contribution < -0.4 is 5.32 Å². The topological polar surface area (TPSA) is 139 Å². The number of aromatic nitrogens is 3. The van der Waals surface area contributed by atoms with Crippen LogP contribution in [0.15, 0.2) is 24.4 Å². The summed E-state index contributed by atoms with van der Waals surface area (Å²) in [7, 11) is -1.28. The minimum absolute atomic E-state index is 0.0896. The van der Waals surface area contributed by atoms with Crippen LogP contribution in [0.1, 0.15) is 100 Å². The maximum atomic E-state index is 13.6. The number of carboxylic acid groups (broad SMARTS) is 1. The van der Waals surface area contributed by atoms with E-state index < -0.39 is 31.2 Å². The number of rotatable bonds is 10. The van der Waals surface area contributed by atoms with Gasteiger partial charge in [-0.2, -0.15) is 5.26 Å². The van der Waals surface area contributed by atoms with Crippen LogP contribution in [0, 0.1) is 16.7 Å². The van der Waals surface area contributed by atoms with Gasteiger partial charge in [0.1, 0.15) is 12.8 Å². The van der Waals surface area contributed by atoms with Gasteiger partial charge in [-0.25, -0.2) is 9.78 Å². The molecule has 11 heteroatoms. The van der Waals surface area contributed by atoms with E-state index in [1.165, 1.54) is 6.20 Å². The minimum Gasteiger partial charge on any atom is -0.479 e. The van der Waals surface area contributed by atoms with E-state index in [-0.39, 0.29) is 29.6 Å². The molecule has 2 unspecified atom stereocenters. The van der Waals surface area contributed by atoms with E-state index in [1.54, 1.807) is 11.5 Å². The molecule has 0 aromatic carbocycles. The van der Waals surface area contributed by atoms with Crippen LogP contribution in [0.25, 0.3) is 5.57 Å². The van der Waals surface area contributed by atoms with E-state index in [9.17, 15) is 20.0 Å². The summed E-state index contributed by atoms with van der Waals surface area (Å²) >= 11 is 0. The summed E-state index contributed by atoms with van der Waals surface area (Å²) in [4.78, 5) is 35.2. The van der Waals surface area contributed by atoms with E-state index >= 15 is 0 Å². The van der Waals surface area contributed by atoms with Gasteiger partial charge in [-0.15, -0.1) is 0 Å². The van der Waals surface area contributed by atoms with E-state index in [1.807, 2.05) is 32.0 Å². The van der Waals surface area contributed by atoms with Crippen LogP contribution >= 0.6 is 0 Å². The number of aliphatic carboxylic acids is 1. The third kappa shape index (κ3) is 8.23. The van der Waals surface area contributed by atoms with Crippen LogP contribution in [-0.2, 0) is 21.0 Å². The lowest BCUT2D eigenvalue weighted by atomic mass is 9.77. The zero-order valence-electron chi connectivity index (χ0n) is 27.4. The number of allylic oxidation sites excluding steroid dienone is 2. The molecular formula is C33H47N5O5Si. The molecule has 0 spiro atoms. The van der Waals surface area contributed by atoms with Crippen molar-refractivity contribution in [3.05, 3.63) is 47.3 Å². The zero-order chi connectivity index (χ0) is 32.5. The van der Waals surface area contributed by atoms with Crippen LogP contribution in [0.3, 0.4) is 0 Å². The van der Waals surface area contributed by atoms with Crippen molar-refractivity contribution in [1.29, 1.82) is 5.26 Å². The second-order valence-electron chi connectivity index (χ2n) is 15.1. The molecule has 1 fully saturated rings. The Morgan fingerprint density at radius 2 is 1.91 bits per heavy atom. The molecule has 238 valence electrons. The largest absolute Gasteiger partial charge is 0.479 e. The first kappa shape index (κ1) is 33.6. The summed E-state index contributed by atoms with van der Waals surface area (Å²) in [6, 6.07) is 6.72. The fourth-order valence-corrected chi connectivity index (χ4v) is 6.73. The molecule has 0 saturated carbocycles. The molecule has 3 heterocycles. The average molecular weight is 622 g/mol. The number of ether oxygens (including phenoxy) is 2. The second-order valence-corrected chi connectivity index (χ2v) is 20.7. The maximum Gasteiger partial charge on any atom is 0.335 e. The first-order chi connectivity index (χ1) is 20.4. The molecule has 4 rings (SSSR count). The lowest BCUT2D eigenvalue weighted by Gasteiger charge is -2.44. The van der Waals surface area contributed by atoms with Crippen molar-refractivity contribution < 1.29 is 24.2 Å². The van der Waals surface area contributed by atoms with Gasteiger partial charge < -0.3 is 24.5 Å². The molecule has 2 atom stereocenters. The molecular weight excluding hydrogens is 574 g/mol. The summed E-state index contributed by atoms with van der Waals surface area (Å²) in [5, 5.41) is 22.5. The summed E-state index contributed by atoms with van der Waals surface area (Å²) < 4.78 is 13.4. The Balaban J connectivity index is 1.66. The minimum atomic E-state index is -1.33. The number of nitrogens with zero attached hydrogens (tertiary/aromatic N) is 4. The quantitative estimate of drug-likeness (QED) is 0.218. The Kier molecular flexibility index (Phi) is 9.59. The van der Waals surface area contributed by atoms with Crippen LogP contribution in [0.4, 0.5) is 5.69 Å². The zero-order valence-corrected chi connectivity index (χ0v) is 28.4. The molecule has 1 aliphatic heterocycles. The van der Waals surface area contributed by atoms with Gasteiger partial charge in [-0.3, -0.25) is 9.78 Å². The molecule has 1 saturated heterocycles. The molecule has 2 aromatic heterocycles. The predicted octanol–water partition coefficient (Wildman–Crippen LogP) is 6.82. The van der Waals surface area contributed by atoms with E-state index in [0.29, 0.717) is 30.8 Å². The SMILES string of the molecule is CC1(C)CC=C(c2nc(C3CC(C)(C)OC(C)(C(=O)O)C3)ccc2NC(=O)c2nc(C#N)cn2COCC[Si](C)(C)C)CC1. The molecule has 0 bridgehead atoms. The highest BCUT2D eigenvalue weighted by molar-refractivity contribution is 6.76. The summed E-state index contributed by atoms with van der Waals surface area (Å²) in [6.07, 6.45) is 7.30. The standard InChI is InChI=1S/C33H47N5O5Si/c1-31(2)13-11-22(12-14-31)27-26(10-9-25(36-27)23-17-32(3,4)43-33(5,18-23)30(40)41)37-29(39)28-35-24(19-34)20-38(28)21-42-15-16-44(6,7)8/h9-11,20,23H,12-18,21H2,1-8H3,(H,37,39)(H,40,41). The molecule has 1 aliphatic carbocycles. The van der Waals surface area contributed by atoms with Crippen LogP contribution in [-0.4, -0.2) is 57.4 Å². The number of hydrogen-bond donors (Lipinski definition) is 2. The number of amides is 1. The van der Waals surface area contributed by atoms with Gasteiger partial charge in [0.15, 0.2) is 11.3 Å². The van der Waals surface area contributed by atoms with Crippen molar-refractivity contribution in [2.45, 2.75) is 116 Å². The fraction of sp³-hybridized carbons (Fsp3) is 0.606. The van der Waals surface area contributed by atoms with Gasteiger partial charge in [0, 0.05) is 32.5 Å². The van der Waals surface area contributed by atoms with Gasteiger partial charge >= 0.3 is 5.97 Å². The number of anilines is 1. The Labute approximate surface area is 261 Å². The van der Waals surface area contributed by atoms with Gasteiger partial charge in [-0.1, -0.05) is 39.6 Å². The highest BCUT2D eigenvalue weighted by Crippen LogP contribution is 2.45. The van der Waals surface area contributed by atoms with Crippen LogP contribution in [0.5, 0.6) is 0 Å². The molecule has 2 N–H and O–H groups in total. The van der Waals surface area contributed by atoms with Crippen molar-refractivity contribution >= 4 is 31.2 Å². The number of hydrogen-bond acceptors (Lipinski definition) is 7. The smallest absolute Gasteiger partial charge is 0.335 e. The monoisotopic (exact) mass is 621 g/mol. The summed E-state index contributed by atoms with van der Waals surface area (Å²) in [6.45, 7) is 17.4. The van der Waals surface area contributed by atoms with Crippen molar-refractivity contribution in [2.75, 3.05) is 11.9 Å². The molecule has 2 aliphatic rings. The van der Waals surface area contributed by atoms with E-state index in [2.05, 4.69) is 49.9 Å². The average Bonchev–Trinajstić information content (AvgIpc) is 3.33. The predicted molar refractivity (Wildman–Crippen MR) is 172 cm³/mol. The van der Waals surface area contributed by atoms with Gasteiger partial charge in [0.2, 0.25) is 5.82 Å². The summed E-state index contributed by atoms with van der Waals surface area (Å²) in [5.41, 5.74) is 1.38. The molecule has 2 aromatic rings. The van der Waals surface area contributed by atoms with E-state index in [4.69, 9.17) is 14.5 Å². The number of nitriles is 1. The first-order valence-electron chi connectivity index (χ1n) is 15.4. The number of pyridine rings is 1. The van der Waals surface area contributed by atoms with Crippen molar-refractivity contribution in [3.8, 4) is 6.07 Å². The molecule has 1 amide bonds. The fourth-order valence-electron chi connectivity index (χ4n) is 5.98. The Bertz CT molecular complexity index is 1480. The lowest BCUT2D eigenvalue weighted by Crippen LogP contribution is -2.51. The normalized spacial score (nSPS) is 23.0. The lowest BCUT2D eigenvalue weighted by molar-refractivity contribution is -0.200. The summed E-state index contributed by atoms with van der Waals surface area (Å²) in [5.74, 6) is -1.51. The maximum absolute atomic E-state index is 13.6. The Morgan fingerprint density at radius 1 is 1.18 bits per heavy atom.